The van der Waals surface area contributed by atoms with E-state index in [1.165, 1.54) is 0 Å². The first-order valence-electron chi connectivity index (χ1n) is 5.42. The topological polar surface area (TPSA) is 57.6 Å². The van der Waals surface area contributed by atoms with E-state index in [0.29, 0.717) is 6.54 Å². The first-order valence-corrected chi connectivity index (χ1v) is 7.10. The summed E-state index contributed by atoms with van der Waals surface area (Å²) >= 11 is 4.92. The number of amides is 1. The average Bonchev–Trinajstić information content (AvgIpc) is 2.60. The highest BCUT2D eigenvalue weighted by molar-refractivity contribution is 9.10. The molecule has 4 nitrogen and oxygen atoms in total. The minimum atomic E-state index is -0.958. The molecule has 0 bridgehead atoms. The van der Waals surface area contributed by atoms with Gasteiger partial charge < -0.3 is 10.0 Å². The Bertz CT molecular complexity index is 456. The van der Waals surface area contributed by atoms with Crippen LogP contribution in [0.2, 0.25) is 0 Å². The molecule has 100 valence electrons. The van der Waals surface area contributed by atoms with Crippen molar-refractivity contribution < 1.29 is 14.7 Å². The van der Waals surface area contributed by atoms with E-state index in [4.69, 9.17) is 5.11 Å². The highest BCUT2D eigenvalue weighted by Gasteiger charge is 2.32. The Morgan fingerprint density at radius 2 is 2.11 bits per heavy atom. The molecule has 0 aliphatic rings. The minimum Gasteiger partial charge on any atom is -0.481 e. The third kappa shape index (κ3) is 4.10. The van der Waals surface area contributed by atoms with Gasteiger partial charge in [0.05, 0.1) is 18.4 Å². The highest BCUT2D eigenvalue weighted by atomic mass is 79.9. The monoisotopic (exact) mass is 333 g/mol. The molecule has 0 saturated carbocycles. The SMILES string of the molecule is CN(Cc1cc(Br)cs1)C(=O)C(C)(C)CC(=O)O. The summed E-state index contributed by atoms with van der Waals surface area (Å²) in [4.78, 5) is 25.5. The predicted octanol–water partition coefficient (Wildman–Crippen LogP) is 2.97. The summed E-state index contributed by atoms with van der Waals surface area (Å²) in [5, 5.41) is 10.8. The molecule has 0 spiro atoms. The van der Waals surface area contributed by atoms with Crippen LogP contribution < -0.4 is 0 Å². The zero-order valence-electron chi connectivity index (χ0n) is 10.6. The Balaban J connectivity index is 2.68. The maximum Gasteiger partial charge on any atom is 0.304 e. The molecule has 0 aromatic carbocycles. The standard InChI is InChI=1S/C12H16BrNO3S/c1-12(2,5-10(15)16)11(17)14(3)6-9-4-8(13)7-18-9/h4,7H,5-6H2,1-3H3,(H,15,16). The number of hydrogen-bond donors (Lipinski definition) is 1. The lowest BCUT2D eigenvalue weighted by molar-refractivity contribution is -0.148. The van der Waals surface area contributed by atoms with Crippen molar-refractivity contribution >= 4 is 39.1 Å². The number of halogens is 1. The summed E-state index contributed by atoms with van der Waals surface area (Å²) in [5.74, 6) is -1.12. The van der Waals surface area contributed by atoms with Gasteiger partial charge in [-0.25, -0.2) is 0 Å². The third-order valence-electron chi connectivity index (χ3n) is 2.53. The molecule has 1 amide bonds. The smallest absolute Gasteiger partial charge is 0.304 e. The first kappa shape index (κ1) is 15.2. The number of carboxylic acid groups (broad SMARTS) is 1. The van der Waals surface area contributed by atoms with Gasteiger partial charge in [-0.1, -0.05) is 13.8 Å². The molecule has 1 rings (SSSR count). The Kier molecular flexibility index (Phi) is 4.92. The second kappa shape index (κ2) is 5.84. The first-order chi connectivity index (χ1) is 8.22. The van der Waals surface area contributed by atoms with Crippen molar-refractivity contribution in [3.05, 3.63) is 20.8 Å². The number of hydrogen-bond acceptors (Lipinski definition) is 3. The van der Waals surface area contributed by atoms with E-state index < -0.39 is 11.4 Å². The van der Waals surface area contributed by atoms with E-state index in [-0.39, 0.29) is 12.3 Å². The number of thiophene rings is 1. The predicted molar refractivity (Wildman–Crippen MR) is 74.5 cm³/mol. The molecular weight excluding hydrogens is 318 g/mol. The maximum atomic E-state index is 12.2. The summed E-state index contributed by atoms with van der Waals surface area (Å²) in [5.41, 5.74) is -0.880. The summed E-state index contributed by atoms with van der Waals surface area (Å²) in [6.07, 6.45) is -0.162. The molecule has 6 heteroatoms. The van der Waals surface area contributed by atoms with E-state index in [0.717, 1.165) is 9.35 Å². The van der Waals surface area contributed by atoms with Gasteiger partial charge in [0.1, 0.15) is 0 Å². The zero-order valence-corrected chi connectivity index (χ0v) is 13.0. The number of nitrogens with zero attached hydrogens (tertiary/aromatic N) is 1. The fourth-order valence-electron chi connectivity index (χ4n) is 1.71. The molecule has 18 heavy (non-hydrogen) atoms. The van der Waals surface area contributed by atoms with Gasteiger partial charge in [0.2, 0.25) is 5.91 Å². The van der Waals surface area contributed by atoms with Crippen molar-refractivity contribution in [3.63, 3.8) is 0 Å². The van der Waals surface area contributed by atoms with Gasteiger partial charge in [-0.3, -0.25) is 9.59 Å². The van der Waals surface area contributed by atoms with Crippen molar-refractivity contribution in [3.8, 4) is 0 Å². The lowest BCUT2D eigenvalue weighted by Gasteiger charge is -2.27. The molecule has 0 saturated heterocycles. The molecule has 1 N–H and O–H groups in total. The highest BCUT2D eigenvalue weighted by Crippen LogP contribution is 2.26. The normalized spacial score (nSPS) is 11.3. The van der Waals surface area contributed by atoms with Gasteiger partial charge in [0.25, 0.3) is 0 Å². The van der Waals surface area contributed by atoms with Crippen LogP contribution in [0.15, 0.2) is 15.9 Å². The van der Waals surface area contributed by atoms with E-state index in [1.807, 2.05) is 11.4 Å². The average molecular weight is 334 g/mol. The van der Waals surface area contributed by atoms with E-state index >= 15 is 0 Å². The second-order valence-electron chi connectivity index (χ2n) is 4.85. The molecule has 0 atom stereocenters. The van der Waals surface area contributed by atoms with Crippen LogP contribution >= 0.6 is 27.3 Å². The van der Waals surface area contributed by atoms with Crippen LogP contribution in [-0.2, 0) is 16.1 Å². The zero-order chi connectivity index (χ0) is 13.9. The van der Waals surface area contributed by atoms with Crippen molar-refractivity contribution in [2.24, 2.45) is 5.41 Å². The van der Waals surface area contributed by atoms with Crippen LogP contribution in [-0.4, -0.2) is 28.9 Å². The second-order valence-corrected chi connectivity index (χ2v) is 6.76. The fraction of sp³-hybridized carbons (Fsp3) is 0.500. The number of carbonyl (C=O) groups excluding carboxylic acids is 1. The molecule has 0 aliphatic carbocycles. The minimum absolute atomic E-state index is 0.158. The van der Waals surface area contributed by atoms with Crippen LogP contribution in [0.25, 0.3) is 0 Å². The lowest BCUT2D eigenvalue weighted by atomic mass is 9.88. The summed E-state index contributed by atoms with van der Waals surface area (Å²) in [6, 6.07) is 1.96. The molecule has 0 fully saturated rings. The van der Waals surface area contributed by atoms with Crippen molar-refractivity contribution in [1.82, 2.24) is 4.90 Å². The van der Waals surface area contributed by atoms with E-state index in [9.17, 15) is 9.59 Å². The van der Waals surface area contributed by atoms with Gasteiger partial charge in [-0.15, -0.1) is 11.3 Å². The number of rotatable bonds is 5. The van der Waals surface area contributed by atoms with Crippen molar-refractivity contribution in [2.45, 2.75) is 26.8 Å². The molecule has 1 heterocycles. The number of aliphatic carboxylic acids is 1. The molecule has 0 unspecified atom stereocenters. The molecule has 0 radical (unpaired) electrons. The summed E-state index contributed by atoms with van der Waals surface area (Å²) < 4.78 is 0.994. The molecule has 1 aromatic heterocycles. The Morgan fingerprint density at radius 3 is 2.56 bits per heavy atom. The van der Waals surface area contributed by atoms with E-state index in [1.54, 1.807) is 37.1 Å². The van der Waals surface area contributed by atoms with Gasteiger partial charge in [0.15, 0.2) is 0 Å². The molecular formula is C12H16BrNO3S. The van der Waals surface area contributed by atoms with Crippen molar-refractivity contribution in [2.75, 3.05) is 7.05 Å². The maximum absolute atomic E-state index is 12.2. The van der Waals surface area contributed by atoms with Crippen LogP contribution in [0.5, 0.6) is 0 Å². The van der Waals surface area contributed by atoms with E-state index in [2.05, 4.69) is 15.9 Å². The quantitative estimate of drug-likeness (QED) is 0.901. The Labute approximate surface area is 119 Å². The van der Waals surface area contributed by atoms with Crippen LogP contribution in [0.3, 0.4) is 0 Å². The Hall–Kier alpha value is -0.880. The van der Waals surface area contributed by atoms with Crippen LogP contribution in [0.4, 0.5) is 0 Å². The van der Waals surface area contributed by atoms with Gasteiger partial charge in [-0.2, -0.15) is 0 Å². The number of carboxylic acids is 1. The van der Waals surface area contributed by atoms with Gasteiger partial charge >= 0.3 is 5.97 Å². The largest absolute Gasteiger partial charge is 0.481 e. The number of carbonyl (C=O) groups is 2. The lowest BCUT2D eigenvalue weighted by Crippen LogP contribution is -2.39. The molecule has 1 aromatic rings. The van der Waals surface area contributed by atoms with Crippen LogP contribution in [0, 0.1) is 5.41 Å². The fourth-order valence-corrected chi connectivity index (χ4v) is 3.22. The summed E-state index contributed by atoms with van der Waals surface area (Å²) in [6.45, 7) is 3.81. The van der Waals surface area contributed by atoms with Crippen LogP contribution in [0.1, 0.15) is 25.1 Å². The molecule has 0 aliphatic heterocycles. The van der Waals surface area contributed by atoms with Gasteiger partial charge in [-0.05, 0) is 22.0 Å². The Morgan fingerprint density at radius 1 is 1.50 bits per heavy atom. The van der Waals surface area contributed by atoms with Crippen molar-refractivity contribution in [1.29, 1.82) is 0 Å². The summed E-state index contributed by atoms with van der Waals surface area (Å²) in [7, 11) is 1.69. The third-order valence-corrected chi connectivity index (χ3v) is 4.22. The van der Waals surface area contributed by atoms with Gasteiger partial charge in [0, 0.05) is 21.8 Å².